The molecule has 0 fully saturated rings. The van der Waals surface area contributed by atoms with Crippen LogP contribution in [0.3, 0.4) is 0 Å². The number of hydrogen-bond acceptors (Lipinski definition) is 2. The van der Waals surface area contributed by atoms with Gasteiger partial charge in [-0.25, -0.2) is 4.39 Å². The molecular formula is C27H31FN2O. The van der Waals surface area contributed by atoms with E-state index in [4.69, 9.17) is 0 Å². The Morgan fingerprint density at radius 2 is 1.55 bits per heavy atom. The first-order chi connectivity index (χ1) is 14.9. The van der Waals surface area contributed by atoms with Crippen LogP contribution < -0.4 is 10.2 Å². The van der Waals surface area contributed by atoms with E-state index in [9.17, 15) is 9.18 Å². The summed E-state index contributed by atoms with van der Waals surface area (Å²) in [6.07, 6.45) is 1.78. The highest BCUT2D eigenvalue weighted by Gasteiger charge is 2.27. The van der Waals surface area contributed by atoms with E-state index in [1.165, 1.54) is 17.2 Å². The number of likely N-dealkylation sites (N-methyl/N-ethyl adjacent to an activating group) is 1. The molecule has 0 spiro atoms. The van der Waals surface area contributed by atoms with Crippen molar-refractivity contribution in [2.24, 2.45) is 0 Å². The second-order valence-corrected chi connectivity index (χ2v) is 8.14. The lowest BCUT2D eigenvalue weighted by Gasteiger charge is -2.33. The average Bonchev–Trinajstić information content (AvgIpc) is 2.77. The molecule has 3 aromatic rings. The van der Waals surface area contributed by atoms with Crippen LogP contribution in [0, 0.1) is 26.6 Å². The predicted molar refractivity (Wildman–Crippen MR) is 126 cm³/mol. The summed E-state index contributed by atoms with van der Waals surface area (Å²) in [5, 5.41) is 2.81. The minimum Gasteiger partial charge on any atom is -0.357 e. The van der Waals surface area contributed by atoms with E-state index in [0.29, 0.717) is 12.1 Å². The molecule has 1 atom stereocenters. The van der Waals surface area contributed by atoms with Gasteiger partial charge in [0.05, 0.1) is 0 Å². The van der Waals surface area contributed by atoms with Crippen LogP contribution in [-0.2, 0) is 11.2 Å². The Kier molecular flexibility index (Phi) is 7.45. The molecule has 0 aromatic heterocycles. The normalized spacial score (nSPS) is 11.8. The number of hydrogen-bond donors (Lipinski definition) is 1. The topological polar surface area (TPSA) is 32.3 Å². The van der Waals surface area contributed by atoms with Gasteiger partial charge in [-0.2, -0.15) is 0 Å². The van der Waals surface area contributed by atoms with Crippen LogP contribution in [0.25, 0.3) is 0 Å². The van der Waals surface area contributed by atoms with Gasteiger partial charge in [0.1, 0.15) is 11.9 Å². The largest absolute Gasteiger partial charge is 0.357 e. The van der Waals surface area contributed by atoms with Crippen molar-refractivity contribution in [1.29, 1.82) is 0 Å². The second-order valence-electron chi connectivity index (χ2n) is 8.14. The zero-order valence-corrected chi connectivity index (χ0v) is 18.8. The quantitative estimate of drug-likeness (QED) is 0.511. The molecule has 3 nitrogen and oxygen atoms in total. The summed E-state index contributed by atoms with van der Waals surface area (Å²) >= 11 is 0. The van der Waals surface area contributed by atoms with Crippen LogP contribution in [0.2, 0.25) is 0 Å². The maximum atomic E-state index is 14.0. The highest BCUT2D eigenvalue weighted by atomic mass is 19.1. The van der Waals surface area contributed by atoms with Crippen molar-refractivity contribution in [3.05, 3.63) is 100 Å². The Morgan fingerprint density at radius 1 is 0.935 bits per heavy atom. The summed E-state index contributed by atoms with van der Waals surface area (Å²) in [4.78, 5) is 15.1. The van der Waals surface area contributed by atoms with E-state index in [-0.39, 0.29) is 11.7 Å². The van der Waals surface area contributed by atoms with Gasteiger partial charge in [0.2, 0.25) is 5.91 Å². The van der Waals surface area contributed by atoms with Gasteiger partial charge in [-0.1, -0.05) is 59.7 Å². The lowest BCUT2D eigenvalue weighted by Crippen LogP contribution is -2.40. The summed E-state index contributed by atoms with van der Waals surface area (Å²) in [6, 6.07) is 21.2. The molecule has 31 heavy (non-hydrogen) atoms. The molecule has 0 aliphatic carbocycles. The summed E-state index contributed by atoms with van der Waals surface area (Å²) in [6.45, 7) is 6.54. The first-order valence-corrected chi connectivity index (χ1v) is 10.8. The van der Waals surface area contributed by atoms with Gasteiger partial charge in [-0.15, -0.1) is 0 Å². The van der Waals surface area contributed by atoms with Gasteiger partial charge >= 0.3 is 0 Å². The van der Waals surface area contributed by atoms with Crippen LogP contribution in [0.4, 0.5) is 10.1 Å². The highest BCUT2D eigenvalue weighted by Crippen LogP contribution is 2.30. The van der Waals surface area contributed by atoms with E-state index in [1.807, 2.05) is 37.3 Å². The number of rotatable bonds is 8. The third-order valence-electron chi connectivity index (χ3n) is 5.66. The number of carbonyl (C=O) groups is 1. The molecule has 0 heterocycles. The first-order valence-electron chi connectivity index (χ1n) is 10.8. The van der Waals surface area contributed by atoms with Crippen LogP contribution in [0.1, 0.15) is 40.3 Å². The number of nitrogens with one attached hydrogen (secondary N) is 1. The van der Waals surface area contributed by atoms with Crippen molar-refractivity contribution in [3.8, 4) is 0 Å². The number of benzene rings is 3. The van der Waals surface area contributed by atoms with E-state index in [0.717, 1.165) is 29.7 Å². The molecule has 0 radical (unpaired) electrons. The van der Waals surface area contributed by atoms with Crippen LogP contribution in [-0.4, -0.2) is 19.5 Å². The van der Waals surface area contributed by atoms with Crippen LogP contribution >= 0.6 is 0 Å². The molecule has 3 rings (SSSR count). The lowest BCUT2D eigenvalue weighted by atomic mass is 10.0. The summed E-state index contributed by atoms with van der Waals surface area (Å²) in [5.41, 5.74) is 5.99. The summed E-state index contributed by atoms with van der Waals surface area (Å²) in [7, 11) is 1.66. The van der Waals surface area contributed by atoms with E-state index in [2.05, 4.69) is 41.4 Å². The number of carbonyl (C=O) groups excluding carboxylic acids is 1. The minimum absolute atomic E-state index is 0.0823. The van der Waals surface area contributed by atoms with Crippen molar-refractivity contribution in [2.45, 2.75) is 39.7 Å². The fourth-order valence-electron chi connectivity index (χ4n) is 3.78. The van der Waals surface area contributed by atoms with Gasteiger partial charge in [0.15, 0.2) is 0 Å². The summed E-state index contributed by atoms with van der Waals surface area (Å²) in [5.74, 6) is -0.323. The van der Waals surface area contributed by atoms with Gasteiger partial charge in [-0.3, -0.25) is 4.79 Å². The minimum atomic E-state index is -0.492. The molecule has 0 bridgehead atoms. The van der Waals surface area contributed by atoms with Crippen molar-refractivity contribution in [3.63, 3.8) is 0 Å². The number of amides is 1. The summed E-state index contributed by atoms with van der Waals surface area (Å²) < 4.78 is 14.0. The Bertz CT molecular complexity index is 1010. The fraction of sp³-hybridized carbons (Fsp3) is 0.296. The van der Waals surface area contributed by atoms with Crippen molar-refractivity contribution < 1.29 is 9.18 Å². The van der Waals surface area contributed by atoms with Gasteiger partial charge in [0.25, 0.3) is 0 Å². The van der Waals surface area contributed by atoms with Crippen molar-refractivity contribution in [2.75, 3.05) is 18.5 Å². The zero-order chi connectivity index (χ0) is 22.4. The number of aryl methyl sites for hydroxylation is 4. The maximum Gasteiger partial charge on any atom is 0.247 e. The third kappa shape index (κ3) is 5.72. The molecule has 0 unspecified atom stereocenters. The Hall–Kier alpha value is -3.14. The molecule has 4 heteroatoms. The van der Waals surface area contributed by atoms with E-state index in [1.54, 1.807) is 20.0 Å². The molecule has 0 saturated carbocycles. The van der Waals surface area contributed by atoms with E-state index < -0.39 is 6.04 Å². The zero-order valence-electron chi connectivity index (χ0n) is 18.8. The smallest absolute Gasteiger partial charge is 0.247 e. The lowest BCUT2D eigenvalue weighted by molar-refractivity contribution is -0.122. The monoisotopic (exact) mass is 418 g/mol. The Labute approximate surface area is 184 Å². The predicted octanol–water partition coefficient (Wildman–Crippen LogP) is 5.68. The van der Waals surface area contributed by atoms with Crippen molar-refractivity contribution >= 4 is 11.6 Å². The van der Waals surface area contributed by atoms with Crippen LogP contribution in [0.15, 0.2) is 66.7 Å². The standard InChI is InChI=1S/C27H31FN2O/c1-19-7-11-22(12-8-19)6-5-17-30(24-15-16-25(28)21(3)18-24)26(27(31)29-4)23-13-9-20(2)10-14-23/h7-16,18,26H,5-6,17H2,1-4H3,(H,29,31)/t26-/m1/s1. The van der Waals surface area contributed by atoms with Crippen LogP contribution in [0.5, 0.6) is 0 Å². The van der Waals surface area contributed by atoms with Gasteiger partial charge in [-0.05, 0) is 68.5 Å². The average molecular weight is 419 g/mol. The molecule has 0 aliphatic heterocycles. The molecule has 162 valence electrons. The molecule has 0 aliphatic rings. The second kappa shape index (κ2) is 10.3. The van der Waals surface area contributed by atoms with Gasteiger partial charge < -0.3 is 10.2 Å². The van der Waals surface area contributed by atoms with Crippen molar-refractivity contribution in [1.82, 2.24) is 5.32 Å². The van der Waals surface area contributed by atoms with E-state index >= 15 is 0 Å². The number of nitrogens with zero attached hydrogens (tertiary/aromatic N) is 1. The first kappa shape index (κ1) is 22.5. The molecular weight excluding hydrogens is 387 g/mol. The maximum absolute atomic E-state index is 14.0. The molecule has 3 aromatic carbocycles. The highest BCUT2D eigenvalue weighted by molar-refractivity contribution is 5.86. The SMILES string of the molecule is CNC(=O)[C@@H](c1ccc(C)cc1)N(CCCc1ccc(C)cc1)c1ccc(F)c(C)c1. The third-order valence-corrected chi connectivity index (χ3v) is 5.66. The fourth-order valence-corrected chi connectivity index (χ4v) is 3.78. The molecule has 1 N–H and O–H groups in total. The molecule has 0 saturated heterocycles. The number of anilines is 1. The number of halogens is 1. The molecule has 1 amide bonds. The van der Waals surface area contributed by atoms with Gasteiger partial charge in [0, 0.05) is 19.3 Å². The Morgan fingerprint density at radius 3 is 2.13 bits per heavy atom. The Balaban J connectivity index is 1.93.